The Morgan fingerprint density at radius 2 is 2.25 bits per heavy atom. The molecule has 3 rings (SSSR count). The van der Waals surface area contributed by atoms with Crippen LogP contribution in [-0.4, -0.2) is 10.9 Å². The van der Waals surface area contributed by atoms with E-state index in [0.29, 0.717) is 16.4 Å². The van der Waals surface area contributed by atoms with Gasteiger partial charge in [-0.25, -0.2) is 4.98 Å². The Bertz CT molecular complexity index is 734. The summed E-state index contributed by atoms with van der Waals surface area (Å²) in [5, 5.41) is 5.14. The van der Waals surface area contributed by atoms with Crippen molar-refractivity contribution in [2.45, 2.75) is 0 Å². The van der Waals surface area contributed by atoms with Crippen molar-refractivity contribution in [2.75, 3.05) is 11.1 Å². The van der Waals surface area contributed by atoms with Gasteiger partial charge in [0, 0.05) is 16.6 Å². The number of carbonyl (C=O) groups is 1. The number of nitrogens with two attached hydrogens (primary N) is 1. The number of amides is 1. The number of nitrogens with one attached hydrogen (secondary N) is 1. The van der Waals surface area contributed by atoms with Crippen LogP contribution >= 0.6 is 11.3 Å². The maximum Gasteiger partial charge on any atom is 0.260 e. The highest BCUT2D eigenvalue weighted by molar-refractivity contribution is 7.14. The Morgan fingerprint density at radius 3 is 3.00 bits per heavy atom. The van der Waals surface area contributed by atoms with Gasteiger partial charge in [0.2, 0.25) is 0 Å². The molecular formula is C14H11N3O2S. The standard InChI is InChI=1S/C14H11N3O2S/c15-11-3-1-2-9(6-11)12-8-20-14(16-12)17-13(18)10-4-5-19-7-10/h1-8H,15H2,(H,16,17,18). The second-order valence-electron chi connectivity index (χ2n) is 4.13. The minimum absolute atomic E-state index is 0.243. The number of rotatable bonds is 3. The van der Waals surface area contributed by atoms with Crippen LogP contribution in [0.15, 0.2) is 52.7 Å². The molecule has 0 aliphatic carbocycles. The van der Waals surface area contributed by atoms with Gasteiger partial charge >= 0.3 is 0 Å². The normalized spacial score (nSPS) is 10.4. The van der Waals surface area contributed by atoms with Crippen LogP contribution in [0.1, 0.15) is 10.4 Å². The molecular weight excluding hydrogens is 274 g/mol. The van der Waals surface area contributed by atoms with Gasteiger partial charge in [-0.3, -0.25) is 10.1 Å². The molecule has 2 aromatic heterocycles. The number of carbonyl (C=O) groups excluding carboxylic acids is 1. The Labute approximate surface area is 119 Å². The maximum absolute atomic E-state index is 11.9. The first-order chi connectivity index (χ1) is 9.72. The first kappa shape index (κ1) is 12.4. The van der Waals surface area contributed by atoms with Crippen LogP contribution < -0.4 is 11.1 Å². The molecule has 2 heterocycles. The van der Waals surface area contributed by atoms with Gasteiger partial charge in [-0.1, -0.05) is 12.1 Å². The van der Waals surface area contributed by atoms with Crippen molar-refractivity contribution >= 4 is 28.1 Å². The number of aromatic nitrogens is 1. The molecule has 0 spiro atoms. The topological polar surface area (TPSA) is 81.1 Å². The number of benzene rings is 1. The third-order valence-corrected chi connectivity index (χ3v) is 3.45. The number of nitrogens with zero attached hydrogens (tertiary/aromatic N) is 1. The Hall–Kier alpha value is -2.60. The average Bonchev–Trinajstić information content (AvgIpc) is 3.10. The van der Waals surface area contributed by atoms with Crippen molar-refractivity contribution in [2.24, 2.45) is 0 Å². The van der Waals surface area contributed by atoms with Crippen molar-refractivity contribution in [3.8, 4) is 11.3 Å². The highest BCUT2D eigenvalue weighted by atomic mass is 32.1. The maximum atomic E-state index is 11.9. The molecule has 0 aliphatic heterocycles. The highest BCUT2D eigenvalue weighted by Gasteiger charge is 2.10. The van der Waals surface area contributed by atoms with Crippen LogP contribution in [0.2, 0.25) is 0 Å². The number of hydrogen-bond acceptors (Lipinski definition) is 5. The van der Waals surface area contributed by atoms with Crippen molar-refractivity contribution in [1.29, 1.82) is 0 Å². The first-order valence-corrected chi connectivity index (χ1v) is 6.75. The fourth-order valence-corrected chi connectivity index (χ4v) is 2.44. The number of hydrogen-bond donors (Lipinski definition) is 2. The molecule has 20 heavy (non-hydrogen) atoms. The van der Waals surface area contributed by atoms with Crippen LogP contribution in [0.5, 0.6) is 0 Å². The molecule has 3 aromatic rings. The van der Waals surface area contributed by atoms with E-state index < -0.39 is 0 Å². The smallest absolute Gasteiger partial charge is 0.260 e. The van der Waals surface area contributed by atoms with Crippen molar-refractivity contribution in [1.82, 2.24) is 4.98 Å². The number of nitrogen functional groups attached to an aromatic ring is 1. The predicted molar refractivity (Wildman–Crippen MR) is 78.6 cm³/mol. The molecule has 1 amide bonds. The lowest BCUT2D eigenvalue weighted by Crippen LogP contribution is -2.10. The Balaban J connectivity index is 1.79. The molecule has 5 nitrogen and oxygen atoms in total. The van der Waals surface area contributed by atoms with Crippen LogP contribution in [0, 0.1) is 0 Å². The van der Waals surface area contributed by atoms with E-state index in [1.165, 1.54) is 23.9 Å². The number of anilines is 2. The van der Waals surface area contributed by atoms with Gasteiger partial charge in [-0.15, -0.1) is 11.3 Å². The van der Waals surface area contributed by atoms with E-state index in [9.17, 15) is 4.79 Å². The third-order valence-electron chi connectivity index (χ3n) is 2.69. The molecule has 0 bridgehead atoms. The molecule has 0 unspecified atom stereocenters. The molecule has 100 valence electrons. The second-order valence-corrected chi connectivity index (χ2v) is 4.99. The molecule has 3 N–H and O–H groups in total. The van der Waals surface area contributed by atoms with Crippen LogP contribution in [0.3, 0.4) is 0 Å². The van der Waals surface area contributed by atoms with Crippen LogP contribution in [-0.2, 0) is 0 Å². The fourth-order valence-electron chi connectivity index (χ4n) is 1.72. The second kappa shape index (κ2) is 5.18. The lowest BCUT2D eigenvalue weighted by molar-refractivity contribution is 0.102. The molecule has 0 atom stereocenters. The van der Waals surface area contributed by atoms with E-state index in [2.05, 4.69) is 10.3 Å². The third kappa shape index (κ3) is 2.55. The van der Waals surface area contributed by atoms with E-state index in [1.54, 1.807) is 6.07 Å². The van der Waals surface area contributed by atoms with Crippen molar-refractivity contribution < 1.29 is 9.21 Å². The quantitative estimate of drug-likeness (QED) is 0.724. The van der Waals surface area contributed by atoms with Crippen molar-refractivity contribution in [3.63, 3.8) is 0 Å². The van der Waals surface area contributed by atoms with Crippen molar-refractivity contribution in [3.05, 3.63) is 53.8 Å². The van der Waals surface area contributed by atoms with Gasteiger partial charge < -0.3 is 10.2 Å². The van der Waals surface area contributed by atoms with E-state index in [4.69, 9.17) is 10.2 Å². The van der Waals surface area contributed by atoms with Crippen LogP contribution in [0.25, 0.3) is 11.3 Å². The van der Waals surface area contributed by atoms with E-state index in [1.807, 2.05) is 29.6 Å². The zero-order valence-corrected chi connectivity index (χ0v) is 11.2. The molecule has 1 aromatic carbocycles. The largest absolute Gasteiger partial charge is 0.472 e. The number of thiazole rings is 1. The first-order valence-electron chi connectivity index (χ1n) is 5.87. The molecule has 0 fully saturated rings. The van der Waals surface area contributed by atoms with Gasteiger partial charge in [0.25, 0.3) is 5.91 Å². The minimum Gasteiger partial charge on any atom is -0.472 e. The average molecular weight is 285 g/mol. The zero-order valence-electron chi connectivity index (χ0n) is 10.4. The summed E-state index contributed by atoms with van der Waals surface area (Å²) in [5.74, 6) is -0.243. The molecule has 0 radical (unpaired) electrons. The van der Waals surface area contributed by atoms with E-state index in [0.717, 1.165) is 11.3 Å². The SMILES string of the molecule is Nc1cccc(-c2csc(NC(=O)c3ccoc3)n2)c1. The summed E-state index contributed by atoms with van der Waals surface area (Å²) < 4.78 is 4.87. The molecule has 0 aliphatic rings. The van der Waals surface area contributed by atoms with Gasteiger partial charge in [-0.05, 0) is 18.2 Å². The Kier molecular flexibility index (Phi) is 3.22. The Morgan fingerprint density at radius 1 is 1.35 bits per heavy atom. The lowest BCUT2D eigenvalue weighted by Gasteiger charge is -1.99. The van der Waals surface area contributed by atoms with E-state index in [-0.39, 0.29) is 5.91 Å². The summed E-state index contributed by atoms with van der Waals surface area (Å²) in [6.07, 6.45) is 2.84. The predicted octanol–water partition coefficient (Wildman–Crippen LogP) is 3.24. The summed E-state index contributed by atoms with van der Waals surface area (Å²) in [5.41, 5.74) is 8.59. The molecule has 0 saturated heterocycles. The molecule has 0 saturated carbocycles. The summed E-state index contributed by atoms with van der Waals surface area (Å²) in [4.78, 5) is 16.2. The lowest BCUT2D eigenvalue weighted by atomic mass is 10.1. The van der Waals surface area contributed by atoms with Gasteiger partial charge in [0.05, 0.1) is 17.5 Å². The van der Waals surface area contributed by atoms with Crippen LogP contribution in [0.4, 0.5) is 10.8 Å². The minimum atomic E-state index is -0.243. The summed E-state index contributed by atoms with van der Waals surface area (Å²) >= 11 is 1.36. The number of furan rings is 1. The molecule has 6 heteroatoms. The van der Waals surface area contributed by atoms with Gasteiger partial charge in [0.1, 0.15) is 6.26 Å². The van der Waals surface area contributed by atoms with E-state index >= 15 is 0 Å². The zero-order chi connectivity index (χ0) is 13.9. The van der Waals surface area contributed by atoms with Gasteiger partial charge in [-0.2, -0.15) is 0 Å². The highest BCUT2D eigenvalue weighted by Crippen LogP contribution is 2.26. The summed E-state index contributed by atoms with van der Waals surface area (Å²) in [7, 11) is 0. The van der Waals surface area contributed by atoms with Gasteiger partial charge in [0.15, 0.2) is 5.13 Å². The fraction of sp³-hybridized carbons (Fsp3) is 0. The summed E-state index contributed by atoms with van der Waals surface area (Å²) in [6.45, 7) is 0. The monoisotopic (exact) mass is 285 g/mol. The summed E-state index contributed by atoms with van der Waals surface area (Å²) in [6, 6.07) is 9.05.